The number of nitrogens with two attached hydrogens (primary N) is 1. The van der Waals surface area contributed by atoms with Gasteiger partial charge in [0.05, 0.1) is 10.8 Å². The predicted octanol–water partition coefficient (Wildman–Crippen LogP) is 0.851. The van der Waals surface area contributed by atoms with E-state index in [2.05, 4.69) is 0 Å². The van der Waals surface area contributed by atoms with E-state index in [9.17, 15) is 19.7 Å². The molecular formula is C13H15N3O5. The van der Waals surface area contributed by atoms with Gasteiger partial charge in [-0.15, -0.1) is 0 Å². The molecule has 2 rings (SSSR count). The van der Waals surface area contributed by atoms with Gasteiger partial charge in [0.25, 0.3) is 5.69 Å². The molecule has 2 atom stereocenters. The highest BCUT2D eigenvalue weighted by molar-refractivity contribution is 5.94. The molecule has 1 aromatic rings. The zero-order valence-corrected chi connectivity index (χ0v) is 11.4. The number of primary amides is 1. The number of carbonyl (C=O) groups is 2. The topological polar surface area (TPSA) is 127 Å². The molecule has 112 valence electrons. The van der Waals surface area contributed by atoms with Gasteiger partial charge in [-0.3, -0.25) is 19.7 Å². The highest BCUT2D eigenvalue weighted by Gasteiger charge is 2.37. The molecule has 0 aliphatic carbocycles. The Morgan fingerprint density at radius 2 is 2.10 bits per heavy atom. The maximum atomic E-state index is 11.2. The molecule has 1 aliphatic rings. The van der Waals surface area contributed by atoms with Crippen LogP contribution in [-0.4, -0.2) is 35.0 Å². The standard InChI is InChI=1S/C13H15N3O5/c1-7-5-15(6-9(7)13(18)19)11-4-8(12(14)17)2-3-10(11)16(20)21/h2-4,7,9H,5-6H2,1H3,(H2,14,17)(H,18,19)/t7-,9-/m1/s1. The number of amides is 1. The molecule has 1 saturated heterocycles. The molecule has 0 saturated carbocycles. The van der Waals surface area contributed by atoms with Gasteiger partial charge in [0.15, 0.2) is 0 Å². The summed E-state index contributed by atoms with van der Waals surface area (Å²) >= 11 is 0. The number of carbonyl (C=O) groups excluding carboxylic acids is 1. The largest absolute Gasteiger partial charge is 0.481 e. The second kappa shape index (κ2) is 5.39. The highest BCUT2D eigenvalue weighted by atomic mass is 16.6. The van der Waals surface area contributed by atoms with E-state index in [0.717, 1.165) is 0 Å². The number of carboxylic acid groups (broad SMARTS) is 1. The zero-order valence-electron chi connectivity index (χ0n) is 11.4. The lowest BCUT2D eigenvalue weighted by Gasteiger charge is -2.18. The van der Waals surface area contributed by atoms with Crippen LogP contribution in [0.4, 0.5) is 11.4 Å². The quantitative estimate of drug-likeness (QED) is 0.626. The third kappa shape index (κ3) is 2.78. The summed E-state index contributed by atoms with van der Waals surface area (Å²) in [5.41, 5.74) is 5.40. The number of nitro benzene ring substituents is 1. The SMILES string of the molecule is C[C@@H]1CN(c2cc(C(N)=O)ccc2[N+](=O)[O-])C[C@H]1C(=O)O. The summed E-state index contributed by atoms with van der Waals surface area (Å²) in [6.07, 6.45) is 0. The summed E-state index contributed by atoms with van der Waals surface area (Å²) in [6, 6.07) is 3.85. The smallest absolute Gasteiger partial charge is 0.308 e. The van der Waals surface area contributed by atoms with E-state index in [0.29, 0.717) is 6.54 Å². The van der Waals surface area contributed by atoms with E-state index >= 15 is 0 Å². The number of hydrogen-bond acceptors (Lipinski definition) is 5. The molecule has 3 N–H and O–H groups in total. The fraction of sp³-hybridized carbons (Fsp3) is 0.385. The van der Waals surface area contributed by atoms with Crippen LogP contribution in [-0.2, 0) is 4.79 Å². The van der Waals surface area contributed by atoms with Crippen molar-refractivity contribution in [3.63, 3.8) is 0 Å². The summed E-state index contributed by atoms with van der Waals surface area (Å²) in [5, 5.41) is 20.2. The van der Waals surface area contributed by atoms with Gasteiger partial charge in [-0.05, 0) is 18.1 Å². The first-order chi connectivity index (χ1) is 9.81. The van der Waals surface area contributed by atoms with Crippen molar-refractivity contribution < 1.29 is 19.6 Å². The third-order valence-corrected chi connectivity index (χ3v) is 3.73. The van der Waals surface area contributed by atoms with Crippen molar-refractivity contribution in [1.29, 1.82) is 0 Å². The molecular weight excluding hydrogens is 278 g/mol. The molecule has 1 fully saturated rings. The third-order valence-electron chi connectivity index (χ3n) is 3.73. The van der Waals surface area contributed by atoms with Crippen LogP contribution in [0.1, 0.15) is 17.3 Å². The molecule has 0 radical (unpaired) electrons. The molecule has 21 heavy (non-hydrogen) atoms. The minimum absolute atomic E-state index is 0.140. The molecule has 0 unspecified atom stereocenters. The molecule has 8 nitrogen and oxygen atoms in total. The molecule has 1 heterocycles. The number of carboxylic acids is 1. The number of nitrogens with zero attached hydrogens (tertiary/aromatic N) is 2. The maximum absolute atomic E-state index is 11.2. The lowest BCUT2D eigenvalue weighted by molar-refractivity contribution is -0.384. The average Bonchev–Trinajstić information content (AvgIpc) is 2.80. The molecule has 1 aromatic carbocycles. The average molecular weight is 293 g/mol. The fourth-order valence-corrected chi connectivity index (χ4v) is 2.57. The number of benzene rings is 1. The second-order valence-electron chi connectivity index (χ2n) is 5.15. The van der Waals surface area contributed by atoms with E-state index in [1.807, 2.05) is 0 Å². The summed E-state index contributed by atoms with van der Waals surface area (Å²) in [7, 11) is 0. The lowest BCUT2D eigenvalue weighted by Crippen LogP contribution is -2.24. The van der Waals surface area contributed by atoms with Gasteiger partial charge in [-0.25, -0.2) is 0 Å². The normalized spacial score (nSPS) is 21.3. The van der Waals surface area contributed by atoms with Gasteiger partial charge >= 0.3 is 5.97 Å². The van der Waals surface area contributed by atoms with Crippen molar-refractivity contribution >= 4 is 23.3 Å². The van der Waals surface area contributed by atoms with Gasteiger partial charge in [0, 0.05) is 24.7 Å². The van der Waals surface area contributed by atoms with Gasteiger partial charge < -0.3 is 15.7 Å². The Morgan fingerprint density at radius 1 is 1.43 bits per heavy atom. The maximum Gasteiger partial charge on any atom is 0.308 e. The summed E-state index contributed by atoms with van der Waals surface area (Å²) in [5.74, 6) is -2.35. The van der Waals surface area contributed by atoms with Crippen LogP contribution in [0.5, 0.6) is 0 Å². The fourth-order valence-electron chi connectivity index (χ4n) is 2.57. The lowest BCUT2D eigenvalue weighted by atomic mass is 9.99. The van der Waals surface area contributed by atoms with E-state index in [4.69, 9.17) is 10.8 Å². The number of aliphatic carboxylic acids is 1. The van der Waals surface area contributed by atoms with Crippen molar-refractivity contribution in [3.05, 3.63) is 33.9 Å². The van der Waals surface area contributed by atoms with Crippen LogP contribution >= 0.6 is 0 Å². The van der Waals surface area contributed by atoms with Crippen LogP contribution in [0, 0.1) is 22.0 Å². The molecule has 0 aromatic heterocycles. The van der Waals surface area contributed by atoms with Crippen LogP contribution in [0.15, 0.2) is 18.2 Å². The van der Waals surface area contributed by atoms with Crippen molar-refractivity contribution in [1.82, 2.24) is 0 Å². The number of anilines is 1. The highest BCUT2D eigenvalue weighted by Crippen LogP contribution is 2.35. The van der Waals surface area contributed by atoms with E-state index in [1.165, 1.54) is 18.2 Å². The van der Waals surface area contributed by atoms with E-state index < -0.39 is 22.7 Å². The van der Waals surface area contributed by atoms with Gasteiger partial charge in [-0.2, -0.15) is 0 Å². The van der Waals surface area contributed by atoms with Gasteiger partial charge in [-0.1, -0.05) is 6.92 Å². The molecule has 1 amide bonds. The first kappa shape index (κ1) is 14.8. The number of rotatable bonds is 4. The summed E-state index contributed by atoms with van der Waals surface area (Å²) < 4.78 is 0. The number of nitro groups is 1. The molecule has 0 bridgehead atoms. The first-order valence-corrected chi connectivity index (χ1v) is 6.37. The van der Waals surface area contributed by atoms with E-state index in [-0.39, 0.29) is 29.4 Å². The Labute approximate surface area is 120 Å². The summed E-state index contributed by atoms with van der Waals surface area (Å²) in [4.78, 5) is 34.5. The first-order valence-electron chi connectivity index (χ1n) is 6.37. The molecule has 0 spiro atoms. The summed E-state index contributed by atoms with van der Waals surface area (Å²) in [6.45, 7) is 2.32. The Kier molecular flexibility index (Phi) is 3.79. The Hall–Kier alpha value is -2.64. The van der Waals surface area contributed by atoms with Gasteiger partial charge in [0.1, 0.15) is 5.69 Å². The van der Waals surface area contributed by atoms with Gasteiger partial charge in [0.2, 0.25) is 5.91 Å². The Morgan fingerprint density at radius 3 is 2.57 bits per heavy atom. The Bertz CT molecular complexity index is 616. The van der Waals surface area contributed by atoms with E-state index in [1.54, 1.807) is 11.8 Å². The van der Waals surface area contributed by atoms with Crippen molar-refractivity contribution in [2.45, 2.75) is 6.92 Å². The predicted molar refractivity (Wildman–Crippen MR) is 74.1 cm³/mol. The number of hydrogen-bond donors (Lipinski definition) is 2. The van der Waals surface area contributed by atoms with Crippen LogP contribution in [0.25, 0.3) is 0 Å². The monoisotopic (exact) mass is 293 g/mol. The second-order valence-corrected chi connectivity index (χ2v) is 5.15. The van der Waals surface area contributed by atoms with Crippen LogP contribution in [0.2, 0.25) is 0 Å². The Balaban J connectivity index is 2.42. The molecule has 1 aliphatic heterocycles. The minimum Gasteiger partial charge on any atom is -0.481 e. The van der Waals surface area contributed by atoms with Crippen LogP contribution < -0.4 is 10.6 Å². The van der Waals surface area contributed by atoms with Crippen LogP contribution in [0.3, 0.4) is 0 Å². The zero-order chi connectivity index (χ0) is 15.7. The molecule has 8 heteroatoms. The van der Waals surface area contributed by atoms with Crippen molar-refractivity contribution in [3.8, 4) is 0 Å². The minimum atomic E-state index is -0.932. The van der Waals surface area contributed by atoms with Crippen molar-refractivity contribution in [2.24, 2.45) is 17.6 Å². The van der Waals surface area contributed by atoms with Crippen molar-refractivity contribution in [2.75, 3.05) is 18.0 Å².